The first-order chi connectivity index (χ1) is 11.6. The average molecular weight is 406 g/mol. The first kappa shape index (κ1) is 15.6. The van der Waals surface area contributed by atoms with Crippen LogP contribution < -0.4 is 11.0 Å². The fourth-order valence-corrected chi connectivity index (χ4v) is 3.81. The lowest BCUT2D eigenvalue weighted by atomic mass is 10.1. The molecule has 2 aromatic heterocycles. The molecule has 3 aromatic rings. The van der Waals surface area contributed by atoms with E-state index in [1.807, 2.05) is 6.07 Å². The van der Waals surface area contributed by atoms with Crippen LogP contribution in [0.4, 0.5) is 5.82 Å². The molecule has 1 saturated carbocycles. The first-order valence-electron chi connectivity index (χ1n) is 7.65. The van der Waals surface area contributed by atoms with Crippen molar-refractivity contribution in [3.05, 3.63) is 56.1 Å². The zero-order valence-electron chi connectivity index (χ0n) is 12.9. The molecule has 4 rings (SSSR count). The quantitative estimate of drug-likeness (QED) is 0.666. The number of halogens is 2. The van der Waals surface area contributed by atoms with Gasteiger partial charge in [0.1, 0.15) is 5.82 Å². The molecule has 2 heterocycles. The van der Waals surface area contributed by atoms with Gasteiger partial charge in [0.2, 0.25) is 0 Å². The summed E-state index contributed by atoms with van der Waals surface area (Å²) >= 11 is 9.88. The van der Waals surface area contributed by atoms with Crippen LogP contribution in [0.1, 0.15) is 24.3 Å². The molecule has 0 amide bonds. The highest BCUT2D eigenvalue weighted by atomic mass is 79.9. The summed E-state index contributed by atoms with van der Waals surface area (Å²) in [7, 11) is 1.76. The Morgan fingerprint density at radius 1 is 1.38 bits per heavy atom. The summed E-state index contributed by atoms with van der Waals surface area (Å²) in [5.41, 5.74) is 2.14. The zero-order chi connectivity index (χ0) is 16.8. The van der Waals surface area contributed by atoms with Crippen LogP contribution in [0.15, 0.2) is 39.7 Å². The molecular weight excluding hydrogens is 392 g/mol. The molecule has 24 heavy (non-hydrogen) atoms. The van der Waals surface area contributed by atoms with Crippen molar-refractivity contribution in [3.8, 4) is 5.69 Å². The molecule has 1 aliphatic carbocycles. The van der Waals surface area contributed by atoms with Crippen LogP contribution in [0.5, 0.6) is 0 Å². The summed E-state index contributed by atoms with van der Waals surface area (Å²) in [6.07, 6.45) is 3.94. The number of nitrogens with zero attached hydrogens (tertiary/aromatic N) is 3. The lowest BCUT2D eigenvalue weighted by Gasteiger charge is -2.15. The van der Waals surface area contributed by atoms with Gasteiger partial charge in [0, 0.05) is 23.1 Å². The summed E-state index contributed by atoms with van der Waals surface area (Å²) in [5, 5.41) is 4.13. The minimum absolute atomic E-state index is 0.274. The normalized spacial score (nSPS) is 14.1. The molecule has 0 spiro atoms. The van der Waals surface area contributed by atoms with Crippen LogP contribution in [0, 0.1) is 0 Å². The Hall–Kier alpha value is -1.92. The molecule has 0 saturated heterocycles. The number of hydrogen-bond acceptors (Lipinski definition) is 4. The molecule has 1 aromatic carbocycles. The largest absolute Gasteiger partial charge is 0.372 e. The second-order valence-corrected chi connectivity index (χ2v) is 7.02. The average Bonchev–Trinajstić information content (AvgIpc) is 3.40. The van der Waals surface area contributed by atoms with Gasteiger partial charge >= 0.3 is 5.69 Å². The molecule has 0 radical (unpaired) electrons. The molecule has 0 bridgehead atoms. The number of fused-ring (bicyclic) bond motifs is 1. The smallest absolute Gasteiger partial charge is 0.354 e. The number of rotatable bonds is 3. The summed E-state index contributed by atoms with van der Waals surface area (Å²) in [6.45, 7) is 0. The van der Waals surface area contributed by atoms with E-state index in [0.717, 1.165) is 15.4 Å². The maximum absolute atomic E-state index is 12.7. The van der Waals surface area contributed by atoms with Gasteiger partial charge in [-0.2, -0.15) is 4.98 Å². The molecule has 1 aliphatic rings. The van der Waals surface area contributed by atoms with Crippen molar-refractivity contribution in [1.82, 2.24) is 14.5 Å². The topological polar surface area (TPSA) is 59.8 Å². The minimum atomic E-state index is -0.384. The van der Waals surface area contributed by atoms with E-state index in [9.17, 15) is 4.79 Å². The lowest BCUT2D eigenvalue weighted by Crippen LogP contribution is -2.23. The van der Waals surface area contributed by atoms with Gasteiger partial charge < -0.3 is 5.32 Å². The van der Waals surface area contributed by atoms with Crippen molar-refractivity contribution >= 4 is 44.3 Å². The molecule has 0 atom stereocenters. The van der Waals surface area contributed by atoms with Crippen LogP contribution in [-0.2, 0) is 0 Å². The number of benzene rings is 1. The van der Waals surface area contributed by atoms with Crippen LogP contribution in [0.25, 0.3) is 16.6 Å². The summed E-state index contributed by atoms with van der Waals surface area (Å²) < 4.78 is 2.57. The molecule has 122 valence electrons. The first-order valence-corrected chi connectivity index (χ1v) is 8.82. The number of nitrogens with one attached hydrogen (secondary N) is 1. The molecule has 0 aliphatic heterocycles. The predicted octanol–water partition coefficient (Wildman–Crippen LogP) is 4.12. The van der Waals surface area contributed by atoms with Gasteiger partial charge in [-0.3, -0.25) is 4.57 Å². The highest BCUT2D eigenvalue weighted by molar-refractivity contribution is 9.10. The minimum Gasteiger partial charge on any atom is -0.372 e. The Balaban J connectivity index is 2.12. The van der Waals surface area contributed by atoms with Gasteiger partial charge in [0.15, 0.2) is 5.15 Å². The Labute approximate surface area is 151 Å². The SMILES string of the molecule is CNc1nc(=O)n(-c2cccnc2Cl)c2cc(C3CC3)c(Br)cc12. The standard InChI is InChI=1S/C17H14BrClN4O/c1-20-16-11-7-12(18)10(9-4-5-9)8-14(11)23(17(24)22-16)13-3-2-6-21-15(13)19/h2-3,6-9H,4-5H2,1H3,(H,20,22,24). The third-order valence-electron chi connectivity index (χ3n) is 4.24. The van der Waals surface area contributed by atoms with E-state index in [-0.39, 0.29) is 10.8 Å². The summed E-state index contributed by atoms with van der Waals surface area (Å²) in [5.74, 6) is 1.09. The maximum atomic E-state index is 12.7. The Morgan fingerprint density at radius 3 is 2.83 bits per heavy atom. The van der Waals surface area contributed by atoms with Crippen LogP contribution >= 0.6 is 27.5 Å². The maximum Gasteiger partial charge on any atom is 0.354 e. The second kappa shape index (κ2) is 5.86. The molecular formula is C17H14BrClN4O. The predicted molar refractivity (Wildman–Crippen MR) is 99.4 cm³/mol. The Kier molecular flexibility index (Phi) is 3.81. The number of anilines is 1. The number of hydrogen-bond donors (Lipinski definition) is 1. The van der Waals surface area contributed by atoms with Crippen molar-refractivity contribution in [1.29, 1.82) is 0 Å². The van der Waals surface area contributed by atoms with E-state index >= 15 is 0 Å². The number of aromatic nitrogens is 3. The monoisotopic (exact) mass is 404 g/mol. The summed E-state index contributed by atoms with van der Waals surface area (Å²) in [6, 6.07) is 7.61. The van der Waals surface area contributed by atoms with Crippen molar-refractivity contribution in [2.45, 2.75) is 18.8 Å². The second-order valence-electron chi connectivity index (χ2n) is 5.81. The Bertz CT molecular complexity index is 1010. The van der Waals surface area contributed by atoms with E-state index in [1.165, 1.54) is 23.0 Å². The highest BCUT2D eigenvalue weighted by Gasteiger charge is 2.27. The third-order valence-corrected chi connectivity index (χ3v) is 5.22. The van der Waals surface area contributed by atoms with Crippen molar-refractivity contribution in [3.63, 3.8) is 0 Å². The molecule has 1 N–H and O–H groups in total. The van der Waals surface area contributed by atoms with Crippen molar-refractivity contribution < 1.29 is 0 Å². The molecule has 7 heteroatoms. The third kappa shape index (κ3) is 2.50. The van der Waals surface area contributed by atoms with Crippen LogP contribution in [0.2, 0.25) is 5.15 Å². The van der Waals surface area contributed by atoms with E-state index in [2.05, 4.69) is 37.3 Å². The Morgan fingerprint density at radius 2 is 2.17 bits per heavy atom. The van der Waals surface area contributed by atoms with Gasteiger partial charge in [-0.1, -0.05) is 27.5 Å². The lowest BCUT2D eigenvalue weighted by molar-refractivity contribution is 0.949. The fourth-order valence-electron chi connectivity index (χ4n) is 2.94. The fraction of sp³-hybridized carbons (Fsp3) is 0.235. The van der Waals surface area contributed by atoms with Crippen molar-refractivity contribution in [2.75, 3.05) is 12.4 Å². The van der Waals surface area contributed by atoms with E-state index in [0.29, 0.717) is 17.4 Å². The summed E-state index contributed by atoms with van der Waals surface area (Å²) in [4.78, 5) is 20.9. The van der Waals surface area contributed by atoms with Gasteiger partial charge in [-0.25, -0.2) is 9.78 Å². The van der Waals surface area contributed by atoms with Gasteiger partial charge in [-0.05, 0) is 48.6 Å². The van der Waals surface area contributed by atoms with E-state index in [4.69, 9.17) is 11.6 Å². The van der Waals surface area contributed by atoms with Gasteiger partial charge in [0.25, 0.3) is 0 Å². The zero-order valence-corrected chi connectivity index (χ0v) is 15.2. The molecule has 5 nitrogen and oxygen atoms in total. The molecule has 1 fully saturated rings. The van der Waals surface area contributed by atoms with Crippen LogP contribution in [-0.4, -0.2) is 21.6 Å². The van der Waals surface area contributed by atoms with Crippen LogP contribution in [0.3, 0.4) is 0 Å². The highest BCUT2D eigenvalue weighted by Crippen LogP contribution is 2.45. The molecule has 0 unspecified atom stereocenters. The van der Waals surface area contributed by atoms with E-state index < -0.39 is 0 Å². The van der Waals surface area contributed by atoms with Gasteiger partial charge in [0.05, 0.1) is 11.2 Å². The van der Waals surface area contributed by atoms with Gasteiger partial charge in [-0.15, -0.1) is 0 Å². The van der Waals surface area contributed by atoms with Crippen molar-refractivity contribution in [2.24, 2.45) is 0 Å². The van der Waals surface area contributed by atoms with E-state index in [1.54, 1.807) is 25.4 Å². The number of pyridine rings is 1.